The Bertz CT molecular complexity index is 181. The van der Waals surface area contributed by atoms with Crippen molar-refractivity contribution < 1.29 is 9.10 Å². The van der Waals surface area contributed by atoms with Crippen LogP contribution in [0.5, 0.6) is 0 Å². The second-order valence-corrected chi connectivity index (χ2v) is 4.90. The van der Waals surface area contributed by atoms with Crippen LogP contribution in [0.15, 0.2) is 0 Å². The third-order valence-corrected chi connectivity index (χ3v) is 3.55. The fourth-order valence-corrected chi connectivity index (χ4v) is 2.47. The number of rotatable bonds is 8. The lowest BCUT2D eigenvalue weighted by atomic mass is 10.1. The Morgan fingerprint density at radius 2 is 1.87 bits per heavy atom. The molecule has 0 radical (unpaired) electrons. The predicted molar refractivity (Wildman–Crippen MR) is 62.1 cm³/mol. The van der Waals surface area contributed by atoms with Gasteiger partial charge in [0.2, 0.25) is 12.7 Å². The predicted octanol–water partition coefficient (Wildman–Crippen LogP) is 3.42. The highest BCUT2D eigenvalue weighted by Gasteiger charge is 2.55. The van der Waals surface area contributed by atoms with Crippen LogP contribution in [-0.4, -0.2) is 25.6 Å². The zero-order valence-electron chi connectivity index (χ0n) is 10.0. The molecule has 2 heterocycles. The van der Waals surface area contributed by atoms with Gasteiger partial charge in [0.1, 0.15) is 0 Å². The number of hydrogen-bond acceptors (Lipinski definition) is 1. The number of ether oxygens (including phenoxy) is 1. The maximum atomic E-state index is 5.85. The molecule has 88 valence electrons. The van der Waals surface area contributed by atoms with Gasteiger partial charge in [0.25, 0.3) is 6.29 Å². The quantitative estimate of drug-likeness (QED) is 0.342. The molecule has 2 saturated heterocycles. The molecule has 0 saturated carbocycles. The number of unbranched alkanes of at least 4 members (excludes halogenated alkanes) is 5. The van der Waals surface area contributed by atoms with Gasteiger partial charge in [-0.1, -0.05) is 39.0 Å². The van der Waals surface area contributed by atoms with Crippen LogP contribution in [0.3, 0.4) is 0 Å². The molecule has 2 aliphatic heterocycles. The van der Waals surface area contributed by atoms with Crippen molar-refractivity contribution in [2.24, 2.45) is 0 Å². The summed E-state index contributed by atoms with van der Waals surface area (Å²) in [5, 5.41) is 0. The molecule has 0 amide bonds. The molecule has 0 aliphatic carbocycles. The summed E-state index contributed by atoms with van der Waals surface area (Å²) >= 11 is 0. The maximum Gasteiger partial charge on any atom is 0.266 e. The molecule has 2 rings (SSSR count). The van der Waals surface area contributed by atoms with Gasteiger partial charge in [-0.15, -0.1) is 0 Å². The Morgan fingerprint density at radius 3 is 2.53 bits per heavy atom. The van der Waals surface area contributed by atoms with Gasteiger partial charge >= 0.3 is 0 Å². The molecule has 2 fully saturated rings. The first-order chi connectivity index (χ1) is 7.42. The zero-order valence-corrected chi connectivity index (χ0v) is 10.0. The molecule has 0 N–H and O–H groups in total. The van der Waals surface area contributed by atoms with E-state index in [1.807, 2.05) is 0 Å². The third kappa shape index (κ3) is 3.46. The molecule has 15 heavy (non-hydrogen) atoms. The highest BCUT2D eigenvalue weighted by atomic mass is 16.9. The molecule has 2 aliphatic rings. The average molecular weight is 213 g/mol. The van der Waals surface area contributed by atoms with Gasteiger partial charge in [0.05, 0.1) is 13.0 Å². The van der Waals surface area contributed by atoms with E-state index < -0.39 is 0 Å². The average Bonchev–Trinajstić information content (AvgIpc) is 2.93. The molecule has 2 heteroatoms. The van der Waals surface area contributed by atoms with E-state index >= 15 is 0 Å². The first kappa shape index (κ1) is 11.4. The Labute approximate surface area is 93.7 Å². The topological polar surface area (TPSA) is 11.9 Å². The fourth-order valence-electron chi connectivity index (χ4n) is 2.47. The van der Waals surface area contributed by atoms with Crippen molar-refractivity contribution in [2.75, 3.05) is 13.2 Å². The van der Waals surface area contributed by atoms with Crippen molar-refractivity contribution in [1.82, 2.24) is 0 Å². The lowest BCUT2D eigenvalue weighted by Crippen LogP contribution is -2.14. The summed E-state index contributed by atoms with van der Waals surface area (Å²) in [7, 11) is 0. The summed E-state index contributed by atoms with van der Waals surface area (Å²) in [5.41, 5.74) is 0. The van der Waals surface area contributed by atoms with Gasteiger partial charge in [-0.05, 0) is 6.42 Å². The minimum absolute atomic E-state index is 0.408. The standard InChI is InChI=1S/C13H25O2/c1-2-3-4-5-6-7-10-14-13-9-8-12-11-15(12)13/h12-13H,2-11H2,1H3/q+1. The molecular weight excluding hydrogens is 188 g/mol. The molecule has 0 aromatic carbocycles. The Hall–Kier alpha value is -0.0800. The van der Waals surface area contributed by atoms with Crippen LogP contribution < -0.4 is 0 Å². The van der Waals surface area contributed by atoms with Crippen molar-refractivity contribution in [3.8, 4) is 0 Å². The van der Waals surface area contributed by atoms with Crippen LogP contribution in [0, 0.1) is 0 Å². The maximum absolute atomic E-state index is 5.85. The van der Waals surface area contributed by atoms with E-state index in [0.717, 1.165) is 12.7 Å². The lowest BCUT2D eigenvalue weighted by molar-refractivity contribution is -0.168. The van der Waals surface area contributed by atoms with Gasteiger partial charge in [-0.2, -0.15) is 0 Å². The molecule has 2 atom stereocenters. The SMILES string of the molecule is CCCCCCCCOC1CCC2C[O+]21. The third-order valence-electron chi connectivity index (χ3n) is 3.55. The first-order valence-electron chi connectivity index (χ1n) is 6.72. The molecule has 0 bridgehead atoms. The van der Waals surface area contributed by atoms with E-state index in [-0.39, 0.29) is 0 Å². The Kier molecular flexibility index (Phi) is 4.45. The molecule has 2 unspecified atom stereocenters. The smallest absolute Gasteiger partial charge is 0.266 e. The summed E-state index contributed by atoms with van der Waals surface area (Å²) in [5.74, 6) is 0. The second-order valence-electron chi connectivity index (χ2n) is 4.90. The molecule has 0 spiro atoms. The summed E-state index contributed by atoms with van der Waals surface area (Å²) < 4.78 is 9.11. The van der Waals surface area contributed by atoms with Gasteiger partial charge in [0.15, 0.2) is 0 Å². The van der Waals surface area contributed by atoms with Crippen LogP contribution in [0.2, 0.25) is 0 Å². The van der Waals surface area contributed by atoms with Crippen molar-refractivity contribution in [3.05, 3.63) is 0 Å². The van der Waals surface area contributed by atoms with E-state index in [1.165, 1.54) is 58.0 Å². The summed E-state index contributed by atoms with van der Waals surface area (Å²) in [6.07, 6.45) is 11.9. The Morgan fingerprint density at radius 1 is 1.07 bits per heavy atom. The lowest BCUT2D eigenvalue weighted by Gasteiger charge is -2.09. The summed E-state index contributed by atoms with van der Waals surface area (Å²) in [4.78, 5) is 0. The second kappa shape index (κ2) is 5.86. The van der Waals surface area contributed by atoms with E-state index in [2.05, 4.69) is 11.3 Å². The highest BCUT2D eigenvalue weighted by Crippen LogP contribution is 2.41. The van der Waals surface area contributed by atoms with Crippen molar-refractivity contribution in [2.45, 2.75) is 70.7 Å². The molecule has 2 nitrogen and oxygen atoms in total. The van der Waals surface area contributed by atoms with Gasteiger partial charge in [-0.25, -0.2) is 0 Å². The largest absolute Gasteiger partial charge is 0.384 e. The van der Waals surface area contributed by atoms with E-state index in [0.29, 0.717) is 6.29 Å². The monoisotopic (exact) mass is 213 g/mol. The first-order valence-corrected chi connectivity index (χ1v) is 6.72. The summed E-state index contributed by atoms with van der Waals surface area (Å²) in [6, 6.07) is 0. The van der Waals surface area contributed by atoms with Crippen LogP contribution in [0.25, 0.3) is 0 Å². The molecule has 0 aromatic rings. The summed E-state index contributed by atoms with van der Waals surface area (Å²) in [6.45, 7) is 4.45. The normalized spacial score (nSPS) is 29.4. The number of epoxide rings is 1. The fraction of sp³-hybridized carbons (Fsp3) is 1.00. The molecule has 0 aromatic heterocycles. The minimum Gasteiger partial charge on any atom is -0.384 e. The minimum atomic E-state index is 0.408. The molecular formula is C13H25O2+. The Balaban J connectivity index is 1.39. The van der Waals surface area contributed by atoms with E-state index in [1.54, 1.807) is 0 Å². The van der Waals surface area contributed by atoms with E-state index in [4.69, 9.17) is 4.74 Å². The van der Waals surface area contributed by atoms with E-state index in [9.17, 15) is 0 Å². The van der Waals surface area contributed by atoms with Crippen LogP contribution in [0.4, 0.5) is 0 Å². The highest BCUT2D eigenvalue weighted by molar-refractivity contribution is 4.86. The van der Waals surface area contributed by atoms with Gasteiger partial charge < -0.3 is 9.10 Å². The van der Waals surface area contributed by atoms with Crippen LogP contribution in [0.1, 0.15) is 58.3 Å². The van der Waals surface area contributed by atoms with Crippen molar-refractivity contribution in [1.29, 1.82) is 0 Å². The number of hydrogen-bond donors (Lipinski definition) is 0. The number of fused-ring (bicyclic) bond motifs is 1. The zero-order chi connectivity index (χ0) is 10.5. The van der Waals surface area contributed by atoms with Crippen molar-refractivity contribution in [3.63, 3.8) is 0 Å². The van der Waals surface area contributed by atoms with Crippen molar-refractivity contribution >= 4 is 0 Å². The van der Waals surface area contributed by atoms with Gasteiger partial charge in [0, 0.05) is 6.42 Å². The van der Waals surface area contributed by atoms with Crippen LogP contribution >= 0.6 is 0 Å². The van der Waals surface area contributed by atoms with Gasteiger partial charge in [-0.3, -0.25) is 0 Å². The van der Waals surface area contributed by atoms with Crippen LogP contribution in [-0.2, 0) is 9.10 Å².